The number of aryl methyl sites for hydroxylation is 2. The fourth-order valence-electron chi connectivity index (χ4n) is 2.94. The van der Waals surface area contributed by atoms with E-state index in [1.165, 1.54) is 12.8 Å². The van der Waals surface area contributed by atoms with Crippen LogP contribution in [0.5, 0.6) is 0 Å². The van der Waals surface area contributed by atoms with Crippen molar-refractivity contribution in [3.8, 4) is 11.4 Å². The van der Waals surface area contributed by atoms with Gasteiger partial charge in [0.05, 0.1) is 0 Å². The first kappa shape index (κ1) is 21.4. The molecule has 1 aliphatic heterocycles. The topological polar surface area (TPSA) is 85.8 Å². The number of nitrogens with one attached hydrogen (secondary N) is 1. The molecule has 2 heterocycles. The van der Waals surface area contributed by atoms with E-state index in [4.69, 9.17) is 5.73 Å². The van der Waals surface area contributed by atoms with Crippen molar-refractivity contribution in [1.29, 1.82) is 0 Å². The first-order valence-electron chi connectivity index (χ1n) is 8.22. The lowest BCUT2D eigenvalue weighted by Crippen LogP contribution is -2.16. The zero-order valence-corrected chi connectivity index (χ0v) is 16.0. The standard InChI is InChI=1S/C17H23N5O.2ClH/c1-12-6-7-13(11-14(12)19-16(23)8-9-18)17-21-20-15-5-3-2-4-10-22(15)17;;/h6-7,11H,2-5,8-10,18H2,1H3,(H,19,23);2*1H. The van der Waals surface area contributed by atoms with E-state index in [0.29, 0.717) is 13.0 Å². The van der Waals surface area contributed by atoms with Gasteiger partial charge in [0.25, 0.3) is 0 Å². The molecule has 0 fully saturated rings. The molecule has 1 aromatic heterocycles. The average molecular weight is 386 g/mol. The van der Waals surface area contributed by atoms with Crippen LogP contribution < -0.4 is 11.1 Å². The highest BCUT2D eigenvalue weighted by Crippen LogP contribution is 2.26. The third-order valence-corrected chi connectivity index (χ3v) is 4.25. The van der Waals surface area contributed by atoms with Gasteiger partial charge in [-0.25, -0.2) is 0 Å². The summed E-state index contributed by atoms with van der Waals surface area (Å²) in [6.07, 6.45) is 4.87. The van der Waals surface area contributed by atoms with E-state index >= 15 is 0 Å². The second kappa shape index (κ2) is 9.75. The van der Waals surface area contributed by atoms with E-state index in [1.54, 1.807) is 0 Å². The lowest BCUT2D eigenvalue weighted by molar-refractivity contribution is -0.116. The number of fused-ring (bicyclic) bond motifs is 1. The van der Waals surface area contributed by atoms with Gasteiger partial charge in [-0.2, -0.15) is 0 Å². The van der Waals surface area contributed by atoms with Gasteiger partial charge in [-0.15, -0.1) is 35.0 Å². The number of aromatic nitrogens is 3. The molecular formula is C17H25Cl2N5O. The molecule has 3 N–H and O–H groups in total. The van der Waals surface area contributed by atoms with Crippen molar-refractivity contribution in [1.82, 2.24) is 14.8 Å². The first-order valence-corrected chi connectivity index (χ1v) is 8.22. The van der Waals surface area contributed by atoms with Crippen LogP contribution in [0.25, 0.3) is 11.4 Å². The molecule has 0 spiro atoms. The fourth-order valence-corrected chi connectivity index (χ4v) is 2.94. The number of amides is 1. The molecule has 0 saturated heterocycles. The van der Waals surface area contributed by atoms with Crippen molar-refractivity contribution in [3.05, 3.63) is 29.6 Å². The molecule has 0 bridgehead atoms. The van der Waals surface area contributed by atoms with Crippen LogP contribution in [0.15, 0.2) is 18.2 Å². The van der Waals surface area contributed by atoms with Gasteiger partial charge >= 0.3 is 0 Å². The van der Waals surface area contributed by atoms with Crippen molar-refractivity contribution >= 4 is 36.4 Å². The van der Waals surface area contributed by atoms with Crippen LogP contribution >= 0.6 is 24.8 Å². The minimum absolute atomic E-state index is 0. The van der Waals surface area contributed by atoms with E-state index in [9.17, 15) is 4.79 Å². The number of hydrogen-bond donors (Lipinski definition) is 2. The summed E-state index contributed by atoms with van der Waals surface area (Å²) in [4.78, 5) is 11.8. The molecule has 1 aromatic carbocycles. The summed E-state index contributed by atoms with van der Waals surface area (Å²) in [7, 11) is 0. The smallest absolute Gasteiger partial charge is 0.225 e. The van der Waals surface area contributed by atoms with Crippen molar-refractivity contribution in [3.63, 3.8) is 0 Å². The Hall–Kier alpha value is -1.63. The van der Waals surface area contributed by atoms with E-state index in [-0.39, 0.29) is 30.7 Å². The summed E-state index contributed by atoms with van der Waals surface area (Å²) in [5, 5.41) is 11.7. The number of rotatable bonds is 4. The predicted octanol–water partition coefficient (Wildman–Crippen LogP) is 3.11. The summed E-state index contributed by atoms with van der Waals surface area (Å²) < 4.78 is 2.21. The second-order valence-corrected chi connectivity index (χ2v) is 6.02. The largest absolute Gasteiger partial charge is 0.330 e. The number of hydrogen-bond acceptors (Lipinski definition) is 4. The van der Waals surface area contributed by atoms with Gasteiger partial charge in [-0.1, -0.05) is 18.6 Å². The SMILES string of the molecule is Cc1ccc(-c2nnc3n2CCCCC3)cc1NC(=O)CCN.Cl.Cl. The third-order valence-electron chi connectivity index (χ3n) is 4.25. The van der Waals surface area contributed by atoms with Crippen LogP contribution in [0.3, 0.4) is 0 Å². The van der Waals surface area contributed by atoms with Crippen molar-refractivity contribution in [2.45, 2.75) is 45.6 Å². The highest BCUT2D eigenvalue weighted by Gasteiger charge is 2.17. The van der Waals surface area contributed by atoms with Crippen molar-refractivity contribution in [2.24, 2.45) is 5.73 Å². The van der Waals surface area contributed by atoms with Crippen molar-refractivity contribution in [2.75, 3.05) is 11.9 Å². The van der Waals surface area contributed by atoms with Gasteiger partial charge in [0.2, 0.25) is 5.91 Å². The summed E-state index contributed by atoms with van der Waals surface area (Å²) in [5.41, 5.74) is 8.26. The molecule has 25 heavy (non-hydrogen) atoms. The van der Waals surface area contributed by atoms with Gasteiger partial charge in [-0.05, 0) is 31.4 Å². The van der Waals surface area contributed by atoms with Gasteiger partial charge < -0.3 is 15.6 Å². The zero-order valence-electron chi connectivity index (χ0n) is 14.3. The van der Waals surface area contributed by atoms with Crippen LogP contribution in [0.1, 0.15) is 37.1 Å². The maximum Gasteiger partial charge on any atom is 0.225 e. The molecule has 8 heteroatoms. The van der Waals surface area contributed by atoms with Gasteiger partial charge in [0.1, 0.15) is 5.82 Å². The molecule has 6 nitrogen and oxygen atoms in total. The number of anilines is 1. The minimum atomic E-state index is -0.0622. The van der Waals surface area contributed by atoms with Gasteiger partial charge in [-0.3, -0.25) is 4.79 Å². The number of carbonyl (C=O) groups excluding carboxylic acids is 1. The highest BCUT2D eigenvalue weighted by molar-refractivity contribution is 5.92. The van der Waals surface area contributed by atoms with Crippen LogP contribution in [-0.2, 0) is 17.8 Å². The summed E-state index contributed by atoms with van der Waals surface area (Å²) in [6.45, 7) is 3.29. The fraction of sp³-hybridized carbons (Fsp3) is 0.471. The molecule has 1 aliphatic rings. The Morgan fingerprint density at radius 1 is 1.24 bits per heavy atom. The molecule has 2 aromatic rings. The molecule has 0 radical (unpaired) electrons. The van der Waals surface area contributed by atoms with E-state index in [0.717, 1.165) is 47.8 Å². The molecule has 0 saturated carbocycles. The number of benzene rings is 1. The molecule has 1 amide bonds. The van der Waals surface area contributed by atoms with E-state index in [2.05, 4.69) is 20.1 Å². The Morgan fingerprint density at radius 2 is 2.04 bits per heavy atom. The first-order chi connectivity index (χ1) is 11.2. The summed E-state index contributed by atoms with van der Waals surface area (Å²) in [5.74, 6) is 1.89. The summed E-state index contributed by atoms with van der Waals surface area (Å²) >= 11 is 0. The molecule has 0 aliphatic carbocycles. The maximum absolute atomic E-state index is 11.8. The molecular weight excluding hydrogens is 361 g/mol. The Bertz CT molecular complexity index is 717. The van der Waals surface area contributed by atoms with Crippen LogP contribution in [0.4, 0.5) is 5.69 Å². The Morgan fingerprint density at radius 3 is 2.80 bits per heavy atom. The predicted molar refractivity (Wildman–Crippen MR) is 105 cm³/mol. The number of nitrogens with zero attached hydrogens (tertiary/aromatic N) is 3. The minimum Gasteiger partial charge on any atom is -0.330 e. The highest BCUT2D eigenvalue weighted by atomic mass is 35.5. The second-order valence-electron chi connectivity index (χ2n) is 6.02. The third kappa shape index (κ3) is 4.93. The number of halogens is 2. The normalized spacial score (nSPS) is 13.0. The number of carbonyl (C=O) groups is 1. The quantitative estimate of drug-likeness (QED) is 0.846. The Labute approximate surface area is 160 Å². The van der Waals surface area contributed by atoms with Gasteiger partial charge in [0, 0.05) is 37.2 Å². The average Bonchev–Trinajstić information content (AvgIpc) is 2.78. The van der Waals surface area contributed by atoms with E-state index < -0.39 is 0 Å². The van der Waals surface area contributed by atoms with Crippen LogP contribution in [0, 0.1) is 6.92 Å². The molecule has 0 unspecified atom stereocenters. The lowest BCUT2D eigenvalue weighted by Gasteiger charge is -2.11. The van der Waals surface area contributed by atoms with Crippen LogP contribution in [-0.4, -0.2) is 27.2 Å². The molecule has 0 atom stereocenters. The Kier molecular flexibility index (Phi) is 8.35. The number of nitrogens with two attached hydrogens (primary N) is 1. The van der Waals surface area contributed by atoms with Crippen molar-refractivity contribution < 1.29 is 4.79 Å². The summed E-state index contributed by atoms with van der Waals surface area (Å²) in [6, 6.07) is 6.02. The lowest BCUT2D eigenvalue weighted by atomic mass is 10.1. The van der Waals surface area contributed by atoms with Gasteiger partial charge in [0.15, 0.2) is 5.82 Å². The molecule has 138 valence electrons. The monoisotopic (exact) mass is 385 g/mol. The van der Waals surface area contributed by atoms with Crippen LogP contribution in [0.2, 0.25) is 0 Å². The Balaban J connectivity index is 0.00000156. The molecule has 3 rings (SSSR count). The van der Waals surface area contributed by atoms with E-state index in [1.807, 2.05) is 25.1 Å². The maximum atomic E-state index is 11.8. The zero-order chi connectivity index (χ0) is 16.2.